The van der Waals surface area contributed by atoms with Gasteiger partial charge in [0.05, 0.1) is 18.1 Å². The van der Waals surface area contributed by atoms with Crippen molar-refractivity contribution in [3.05, 3.63) is 40.8 Å². The van der Waals surface area contributed by atoms with Gasteiger partial charge in [0.2, 0.25) is 10.0 Å². The molecule has 152 valence electrons. The molecule has 2 fully saturated rings. The van der Waals surface area contributed by atoms with Crippen molar-refractivity contribution in [2.24, 2.45) is 0 Å². The molecule has 1 N–H and O–H groups in total. The third kappa shape index (κ3) is 4.00. The highest BCUT2D eigenvalue weighted by Crippen LogP contribution is 2.34. The maximum absolute atomic E-state index is 13.0. The van der Waals surface area contributed by atoms with Gasteiger partial charge in [0.15, 0.2) is 0 Å². The maximum atomic E-state index is 13.0. The van der Waals surface area contributed by atoms with Crippen molar-refractivity contribution in [2.45, 2.75) is 42.5 Å². The molecular weight excluding hydrogens is 380 g/mol. The molecular formula is C20H26N2O5S. The van der Waals surface area contributed by atoms with E-state index in [1.807, 2.05) is 0 Å². The molecule has 1 aliphatic carbocycles. The maximum Gasteiger partial charge on any atom is 0.336 e. The lowest BCUT2D eigenvalue weighted by atomic mass is 9.80. The first-order valence-corrected chi connectivity index (χ1v) is 11.3. The molecule has 28 heavy (non-hydrogen) atoms. The fourth-order valence-electron chi connectivity index (χ4n) is 4.38. The first kappa shape index (κ1) is 19.6. The number of sulfonamides is 1. The summed E-state index contributed by atoms with van der Waals surface area (Å²) in [7, 11) is -3.67. The van der Waals surface area contributed by atoms with E-state index >= 15 is 0 Å². The van der Waals surface area contributed by atoms with Crippen molar-refractivity contribution in [3.63, 3.8) is 0 Å². The molecule has 7 nitrogen and oxygen atoms in total. The third-order valence-corrected chi connectivity index (χ3v) is 7.36. The highest BCUT2D eigenvalue weighted by atomic mass is 32.2. The minimum Gasteiger partial charge on any atom is -0.423 e. The summed E-state index contributed by atoms with van der Waals surface area (Å²) in [5.41, 5.74) is -0.215. The number of hydrogen-bond acceptors (Lipinski definition) is 6. The molecule has 8 heteroatoms. The highest BCUT2D eigenvalue weighted by Gasteiger charge is 2.39. The molecule has 2 heterocycles. The molecule has 0 amide bonds. The van der Waals surface area contributed by atoms with Gasteiger partial charge in [-0.25, -0.2) is 17.9 Å². The number of fused-ring (bicyclic) bond motifs is 1. The average Bonchev–Trinajstić information content (AvgIpc) is 2.73. The first-order valence-electron chi connectivity index (χ1n) is 9.85. The minimum atomic E-state index is -3.67. The Hall–Kier alpha value is -1.74. The number of hydrogen-bond donors (Lipinski definition) is 1. The van der Waals surface area contributed by atoms with Crippen LogP contribution in [0, 0.1) is 0 Å². The van der Waals surface area contributed by atoms with Gasteiger partial charge in [-0.3, -0.25) is 4.90 Å². The lowest BCUT2D eigenvalue weighted by Crippen LogP contribution is -2.59. The summed E-state index contributed by atoms with van der Waals surface area (Å²) in [6.45, 7) is 3.49. The fourth-order valence-corrected chi connectivity index (χ4v) is 5.54. The van der Waals surface area contributed by atoms with Crippen LogP contribution in [0.15, 0.2) is 44.4 Å². The Bertz CT molecular complexity index is 989. The smallest absolute Gasteiger partial charge is 0.336 e. The normalized spacial score (nSPS) is 21.0. The Kier molecular flexibility index (Phi) is 5.55. The van der Waals surface area contributed by atoms with Crippen LogP contribution in [0.1, 0.15) is 32.1 Å². The van der Waals surface area contributed by atoms with Crippen LogP contribution >= 0.6 is 0 Å². The van der Waals surface area contributed by atoms with E-state index in [0.717, 1.165) is 38.8 Å². The molecule has 1 aliphatic heterocycles. The zero-order chi connectivity index (χ0) is 19.6. The Balaban J connectivity index is 1.56. The summed E-state index contributed by atoms with van der Waals surface area (Å²) in [6, 6.07) is 7.43. The topological polar surface area (TPSA) is 88.9 Å². The van der Waals surface area contributed by atoms with Crippen LogP contribution in [0.5, 0.6) is 0 Å². The quantitative estimate of drug-likeness (QED) is 0.765. The van der Waals surface area contributed by atoms with Gasteiger partial charge >= 0.3 is 5.63 Å². The summed E-state index contributed by atoms with van der Waals surface area (Å²) in [5.74, 6) is 0. The van der Waals surface area contributed by atoms with Crippen molar-refractivity contribution in [1.82, 2.24) is 9.62 Å². The average molecular weight is 407 g/mol. The highest BCUT2D eigenvalue weighted by molar-refractivity contribution is 7.89. The first-order chi connectivity index (χ1) is 13.5. The van der Waals surface area contributed by atoms with E-state index in [9.17, 15) is 13.2 Å². The van der Waals surface area contributed by atoms with Crippen LogP contribution in [0.4, 0.5) is 0 Å². The fraction of sp³-hybridized carbons (Fsp3) is 0.550. The van der Waals surface area contributed by atoms with E-state index in [4.69, 9.17) is 9.15 Å². The van der Waals surface area contributed by atoms with Crippen LogP contribution in [0.3, 0.4) is 0 Å². The van der Waals surface area contributed by atoms with Crippen LogP contribution < -0.4 is 10.3 Å². The zero-order valence-electron chi connectivity index (χ0n) is 15.9. The molecule has 0 radical (unpaired) electrons. The van der Waals surface area contributed by atoms with Crippen molar-refractivity contribution in [3.8, 4) is 0 Å². The molecule has 1 saturated heterocycles. The van der Waals surface area contributed by atoms with Crippen LogP contribution in [0.25, 0.3) is 11.0 Å². The second kappa shape index (κ2) is 7.94. The van der Waals surface area contributed by atoms with Crippen molar-refractivity contribution in [1.29, 1.82) is 0 Å². The SMILES string of the molecule is O=c1ccc2cc(S(=O)(=O)NCC3(N4CCOCC4)CCCCC3)ccc2o1. The summed E-state index contributed by atoms with van der Waals surface area (Å²) < 4.78 is 39.4. The van der Waals surface area contributed by atoms with Gasteiger partial charge < -0.3 is 9.15 Å². The number of morpholine rings is 1. The van der Waals surface area contributed by atoms with Crippen LogP contribution in [0.2, 0.25) is 0 Å². The number of benzene rings is 1. The van der Waals surface area contributed by atoms with Gasteiger partial charge in [-0.2, -0.15) is 0 Å². The Morgan fingerprint density at radius 2 is 1.79 bits per heavy atom. The summed E-state index contributed by atoms with van der Waals surface area (Å²) >= 11 is 0. The van der Waals surface area contributed by atoms with Crippen molar-refractivity contribution in [2.75, 3.05) is 32.8 Å². The van der Waals surface area contributed by atoms with Gasteiger partial charge in [-0.1, -0.05) is 19.3 Å². The van der Waals surface area contributed by atoms with Crippen LogP contribution in [-0.4, -0.2) is 51.7 Å². The molecule has 1 saturated carbocycles. The standard InChI is InChI=1S/C20H26N2O5S/c23-19-7-4-16-14-17(5-6-18(16)27-19)28(24,25)21-15-20(8-2-1-3-9-20)22-10-12-26-13-11-22/h4-7,14,21H,1-3,8-13,15H2. The molecule has 0 spiro atoms. The third-order valence-electron chi connectivity index (χ3n) is 5.96. The molecule has 4 rings (SSSR count). The lowest BCUT2D eigenvalue weighted by molar-refractivity contribution is -0.0348. The van der Waals surface area contributed by atoms with Gasteiger partial charge in [-0.15, -0.1) is 0 Å². The van der Waals surface area contributed by atoms with E-state index in [-0.39, 0.29) is 10.4 Å². The van der Waals surface area contributed by atoms with Crippen molar-refractivity contribution < 1.29 is 17.6 Å². The van der Waals surface area contributed by atoms with E-state index in [2.05, 4.69) is 9.62 Å². The van der Waals surface area contributed by atoms with E-state index in [1.54, 1.807) is 12.1 Å². The number of rotatable bonds is 5. The molecule has 0 unspecified atom stereocenters. The van der Waals surface area contributed by atoms with E-state index in [1.165, 1.54) is 24.6 Å². The number of nitrogens with one attached hydrogen (secondary N) is 1. The summed E-state index contributed by atoms with van der Waals surface area (Å²) in [5, 5.41) is 0.586. The molecule has 0 atom stereocenters. The summed E-state index contributed by atoms with van der Waals surface area (Å²) in [6.07, 6.45) is 5.44. The predicted molar refractivity (Wildman–Crippen MR) is 106 cm³/mol. The number of ether oxygens (including phenoxy) is 1. The summed E-state index contributed by atoms with van der Waals surface area (Å²) in [4.78, 5) is 13.9. The Morgan fingerprint density at radius 1 is 1.04 bits per heavy atom. The zero-order valence-corrected chi connectivity index (χ0v) is 16.7. The van der Waals surface area contributed by atoms with Crippen LogP contribution in [-0.2, 0) is 14.8 Å². The molecule has 2 aliphatic rings. The van der Waals surface area contributed by atoms with E-state index in [0.29, 0.717) is 30.7 Å². The van der Waals surface area contributed by atoms with Gasteiger partial charge in [-0.05, 0) is 37.1 Å². The van der Waals surface area contributed by atoms with Gasteiger partial charge in [0.1, 0.15) is 5.58 Å². The molecule has 1 aromatic heterocycles. The van der Waals surface area contributed by atoms with Gasteiger partial charge in [0, 0.05) is 36.6 Å². The molecule has 0 bridgehead atoms. The van der Waals surface area contributed by atoms with Crippen molar-refractivity contribution >= 4 is 21.0 Å². The minimum absolute atomic E-state index is 0.140. The Labute approximate surface area is 164 Å². The largest absolute Gasteiger partial charge is 0.423 e. The molecule has 2 aromatic rings. The predicted octanol–water partition coefficient (Wildman–Crippen LogP) is 2.11. The lowest BCUT2D eigenvalue weighted by Gasteiger charge is -2.48. The second-order valence-corrected chi connectivity index (χ2v) is 9.43. The van der Waals surface area contributed by atoms with E-state index < -0.39 is 15.6 Å². The number of nitrogens with zero attached hydrogens (tertiary/aromatic N) is 1. The monoisotopic (exact) mass is 406 g/mol. The Morgan fingerprint density at radius 3 is 2.54 bits per heavy atom. The molecule has 1 aromatic carbocycles. The van der Waals surface area contributed by atoms with Gasteiger partial charge in [0.25, 0.3) is 0 Å². The second-order valence-electron chi connectivity index (χ2n) is 7.66.